The molecule has 0 unspecified atom stereocenters. The molecule has 0 radical (unpaired) electrons. The van der Waals surface area contributed by atoms with Crippen LogP contribution in [0, 0.1) is 5.82 Å². The van der Waals surface area contributed by atoms with E-state index in [-0.39, 0.29) is 23.4 Å². The molecule has 0 aliphatic rings. The Morgan fingerprint density at radius 2 is 1.89 bits per heavy atom. The maximum atomic E-state index is 14.7. The number of benzene rings is 1. The number of hydrogen-bond acceptors (Lipinski definition) is 8. The number of methoxy groups -OCH3 is 2. The molecule has 2 aromatic rings. The quantitative estimate of drug-likeness (QED) is 0.731. The zero-order valence-electron chi connectivity index (χ0n) is 15.9. The molecule has 1 N–H and O–H groups in total. The molecule has 0 aliphatic carbocycles. The highest BCUT2D eigenvalue weighted by atomic mass is 19.1. The lowest BCUT2D eigenvalue weighted by molar-refractivity contribution is -0.145. The average molecular weight is 379 g/mol. The molecular formula is C18H22FN3O5. The second-order valence-electron chi connectivity index (χ2n) is 6.26. The number of fused-ring (bicyclic) bond motifs is 1. The zero-order valence-corrected chi connectivity index (χ0v) is 15.9. The van der Waals surface area contributed by atoms with E-state index in [1.807, 2.05) is 6.92 Å². The summed E-state index contributed by atoms with van der Waals surface area (Å²) in [5.41, 5.74) is -0.721. The van der Waals surface area contributed by atoms with E-state index in [4.69, 9.17) is 9.47 Å². The molecule has 0 fully saturated rings. The third-order valence-corrected chi connectivity index (χ3v) is 3.79. The molecule has 0 saturated heterocycles. The van der Waals surface area contributed by atoms with Crippen LogP contribution in [0.5, 0.6) is 5.88 Å². The second-order valence-corrected chi connectivity index (χ2v) is 6.26. The van der Waals surface area contributed by atoms with Gasteiger partial charge in [-0.15, -0.1) is 0 Å². The van der Waals surface area contributed by atoms with Crippen molar-refractivity contribution in [3.8, 4) is 5.88 Å². The molecule has 1 heterocycles. The van der Waals surface area contributed by atoms with E-state index in [0.29, 0.717) is 17.9 Å². The Labute approximate surface area is 156 Å². The van der Waals surface area contributed by atoms with Gasteiger partial charge in [-0.3, -0.25) is 0 Å². The first kappa shape index (κ1) is 20.3. The van der Waals surface area contributed by atoms with Crippen LogP contribution in [0.25, 0.3) is 10.9 Å². The Morgan fingerprint density at radius 1 is 1.19 bits per heavy atom. The van der Waals surface area contributed by atoms with Crippen molar-refractivity contribution in [2.24, 2.45) is 0 Å². The van der Waals surface area contributed by atoms with Crippen molar-refractivity contribution in [3.05, 3.63) is 23.8 Å². The number of halogens is 1. The second kappa shape index (κ2) is 8.15. The molecule has 0 aliphatic heterocycles. The molecule has 8 nitrogen and oxygen atoms in total. The molecule has 27 heavy (non-hydrogen) atoms. The van der Waals surface area contributed by atoms with Gasteiger partial charge >= 0.3 is 11.9 Å². The predicted octanol–water partition coefficient (Wildman–Crippen LogP) is 2.25. The number of ether oxygens (including phenoxy) is 3. The van der Waals surface area contributed by atoms with E-state index in [1.54, 1.807) is 19.9 Å². The SMILES string of the molecule is CCc1nc(OCC(=O)OC)c2cc(NC(C)(C)C(=O)OC)cc(F)c2n1. The third kappa shape index (κ3) is 4.60. The summed E-state index contributed by atoms with van der Waals surface area (Å²) >= 11 is 0. The van der Waals surface area contributed by atoms with Crippen LogP contribution < -0.4 is 10.1 Å². The Morgan fingerprint density at radius 3 is 2.48 bits per heavy atom. The maximum Gasteiger partial charge on any atom is 0.343 e. The van der Waals surface area contributed by atoms with Crippen molar-refractivity contribution < 1.29 is 28.2 Å². The van der Waals surface area contributed by atoms with Gasteiger partial charge in [0.05, 0.1) is 19.6 Å². The molecule has 1 aromatic carbocycles. The lowest BCUT2D eigenvalue weighted by atomic mass is 10.0. The van der Waals surface area contributed by atoms with Crippen LogP contribution in [0.1, 0.15) is 26.6 Å². The summed E-state index contributed by atoms with van der Waals surface area (Å²) in [5.74, 6) is -1.29. The average Bonchev–Trinajstić information content (AvgIpc) is 2.64. The van der Waals surface area contributed by atoms with Gasteiger partial charge in [0.2, 0.25) is 5.88 Å². The first-order valence-electron chi connectivity index (χ1n) is 8.28. The van der Waals surface area contributed by atoms with Gasteiger partial charge in [0.1, 0.15) is 16.9 Å². The smallest absolute Gasteiger partial charge is 0.343 e. The minimum Gasteiger partial charge on any atom is -0.467 e. The fourth-order valence-corrected chi connectivity index (χ4v) is 2.40. The summed E-state index contributed by atoms with van der Waals surface area (Å²) < 4.78 is 29.4. The normalized spacial score (nSPS) is 11.2. The predicted molar refractivity (Wildman–Crippen MR) is 96.1 cm³/mol. The standard InChI is InChI=1S/C18H22FN3O5/c1-6-13-20-15-11(16(21-13)27-9-14(23)25-4)7-10(8-12(15)19)22-18(2,3)17(24)26-5/h7-8,22H,6,9H2,1-5H3. The van der Waals surface area contributed by atoms with Gasteiger partial charge in [0.15, 0.2) is 12.4 Å². The summed E-state index contributed by atoms with van der Waals surface area (Å²) in [6, 6.07) is 2.78. The highest BCUT2D eigenvalue weighted by molar-refractivity contribution is 5.89. The van der Waals surface area contributed by atoms with Crippen molar-refractivity contribution in [3.63, 3.8) is 0 Å². The van der Waals surface area contributed by atoms with Gasteiger partial charge in [-0.25, -0.2) is 19.0 Å². The fourth-order valence-electron chi connectivity index (χ4n) is 2.40. The number of esters is 2. The largest absolute Gasteiger partial charge is 0.467 e. The van der Waals surface area contributed by atoms with Crippen LogP contribution in [0.15, 0.2) is 12.1 Å². The number of nitrogens with one attached hydrogen (secondary N) is 1. The number of hydrogen-bond donors (Lipinski definition) is 1. The molecule has 0 bridgehead atoms. The molecule has 0 spiro atoms. The van der Waals surface area contributed by atoms with Crippen LogP contribution >= 0.6 is 0 Å². The number of aryl methyl sites for hydroxylation is 1. The van der Waals surface area contributed by atoms with Crippen LogP contribution in [-0.2, 0) is 25.5 Å². The fraction of sp³-hybridized carbons (Fsp3) is 0.444. The summed E-state index contributed by atoms with van der Waals surface area (Å²) in [6.07, 6.45) is 0.458. The highest BCUT2D eigenvalue weighted by Gasteiger charge is 2.29. The van der Waals surface area contributed by atoms with Crippen molar-refractivity contribution >= 4 is 28.5 Å². The van der Waals surface area contributed by atoms with E-state index in [9.17, 15) is 14.0 Å². The number of rotatable bonds is 7. The summed E-state index contributed by atoms with van der Waals surface area (Å²) in [4.78, 5) is 31.7. The van der Waals surface area contributed by atoms with Gasteiger partial charge in [0, 0.05) is 12.1 Å². The number of nitrogens with zero attached hydrogens (tertiary/aromatic N) is 2. The molecule has 0 atom stereocenters. The minimum absolute atomic E-state index is 0.0562. The molecule has 1 aromatic heterocycles. The number of anilines is 1. The molecule has 9 heteroatoms. The van der Waals surface area contributed by atoms with E-state index < -0.39 is 23.3 Å². The van der Waals surface area contributed by atoms with E-state index in [2.05, 4.69) is 20.0 Å². The Bertz CT molecular complexity index is 870. The van der Waals surface area contributed by atoms with Crippen LogP contribution in [0.2, 0.25) is 0 Å². The maximum absolute atomic E-state index is 14.7. The van der Waals surface area contributed by atoms with Crippen LogP contribution in [0.4, 0.5) is 10.1 Å². The minimum atomic E-state index is -1.09. The van der Waals surface area contributed by atoms with Gasteiger partial charge in [-0.2, -0.15) is 4.98 Å². The van der Waals surface area contributed by atoms with Gasteiger partial charge < -0.3 is 19.5 Å². The van der Waals surface area contributed by atoms with Gasteiger partial charge in [0.25, 0.3) is 0 Å². The third-order valence-electron chi connectivity index (χ3n) is 3.79. The van der Waals surface area contributed by atoms with Crippen LogP contribution in [0.3, 0.4) is 0 Å². The molecule has 146 valence electrons. The van der Waals surface area contributed by atoms with Crippen molar-refractivity contribution in [1.82, 2.24) is 9.97 Å². The highest BCUT2D eigenvalue weighted by Crippen LogP contribution is 2.30. The van der Waals surface area contributed by atoms with Crippen molar-refractivity contribution in [2.75, 3.05) is 26.1 Å². The zero-order chi connectivity index (χ0) is 20.2. The summed E-state index contributed by atoms with van der Waals surface area (Å²) in [7, 11) is 2.50. The Kier molecular flexibility index (Phi) is 6.14. The molecule has 0 amide bonds. The lowest BCUT2D eigenvalue weighted by Crippen LogP contribution is -2.41. The first-order valence-corrected chi connectivity index (χ1v) is 8.28. The Hall–Kier alpha value is -2.97. The van der Waals surface area contributed by atoms with Gasteiger partial charge in [-0.1, -0.05) is 6.92 Å². The Balaban J connectivity index is 2.51. The van der Waals surface area contributed by atoms with E-state index >= 15 is 0 Å². The number of carbonyl (C=O) groups is 2. The number of aromatic nitrogens is 2. The summed E-state index contributed by atoms with van der Waals surface area (Å²) in [6.45, 7) is 4.65. The monoisotopic (exact) mass is 379 g/mol. The van der Waals surface area contributed by atoms with Crippen LogP contribution in [-0.4, -0.2) is 48.3 Å². The molecule has 0 saturated carbocycles. The van der Waals surface area contributed by atoms with E-state index in [0.717, 1.165) is 0 Å². The molecule has 2 rings (SSSR count). The van der Waals surface area contributed by atoms with Gasteiger partial charge in [-0.05, 0) is 26.0 Å². The molecular weight excluding hydrogens is 357 g/mol. The topological polar surface area (TPSA) is 99.6 Å². The van der Waals surface area contributed by atoms with E-state index in [1.165, 1.54) is 20.3 Å². The van der Waals surface area contributed by atoms with Crippen molar-refractivity contribution in [2.45, 2.75) is 32.7 Å². The number of carbonyl (C=O) groups excluding carboxylic acids is 2. The lowest BCUT2D eigenvalue weighted by Gasteiger charge is -2.24. The van der Waals surface area contributed by atoms with Crippen molar-refractivity contribution in [1.29, 1.82) is 0 Å². The first-order chi connectivity index (χ1) is 12.7. The summed E-state index contributed by atoms with van der Waals surface area (Å²) in [5, 5.41) is 3.18.